The molecule has 0 amide bonds. The molecular weight excluding hydrogens is 480 g/mol. The van der Waals surface area contributed by atoms with Gasteiger partial charge in [-0.1, -0.05) is 24.3 Å². The highest BCUT2D eigenvalue weighted by molar-refractivity contribution is 6.07. The molecule has 7 aromatic rings. The molecule has 0 fully saturated rings. The largest absolute Gasteiger partial charge is 0.485 e. The maximum atomic E-state index is 6.44. The van der Waals surface area contributed by atoms with Gasteiger partial charge in [0.15, 0.2) is 12.4 Å². The van der Waals surface area contributed by atoms with E-state index in [1.54, 1.807) is 0 Å². The van der Waals surface area contributed by atoms with E-state index in [4.69, 9.17) is 4.74 Å². The van der Waals surface area contributed by atoms with Gasteiger partial charge in [0.2, 0.25) is 11.0 Å². The summed E-state index contributed by atoms with van der Waals surface area (Å²) in [5.74, 6) is 1.09. The van der Waals surface area contributed by atoms with Gasteiger partial charge in [-0.15, -0.1) is 0 Å². The van der Waals surface area contributed by atoms with Gasteiger partial charge in [0.25, 0.3) is 0 Å². The van der Waals surface area contributed by atoms with E-state index in [2.05, 4.69) is 128 Å². The number of H-pyrrole nitrogens is 2. The zero-order chi connectivity index (χ0) is 25.5. The summed E-state index contributed by atoms with van der Waals surface area (Å²) in [6.45, 7) is 0. The zero-order valence-electron chi connectivity index (χ0n) is 21.0. The van der Waals surface area contributed by atoms with Crippen molar-refractivity contribution in [3.05, 3.63) is 127 Å². The van der Waals surface area contributed by atoms with Crippen molar-refractivity contribution in [2.24, 2.45) is 0 Å². The molecule has 1 aliphatic carbocycles. The summed E-state index contributed by atoms with van der Waals surface area (Å²) in [6.07, 6.45) is 10.8. The number of nitrogens with one attached hydrogen (secondary N) is 2. The monoisotopic (exact) mass is 504 g/mol. The van der Waals surface area contributed by atoms with Crippen LogP contribution in [0.2, 0.25) is 0 Å². The minimum atomic E-state index is -0.00913. The molecule has 5 heteroatoms. The SMILES string of the molecule is C1=CC2Oc3ccc(-n4c5ccccc5c5[nH+]cccc54)cc3C2C=C1n1c2ccccc2c2[nH+]cccc21. The molecule has 4 aromatic heterocycles. The van der Waals surface area contributed by atoms with Crippen LogP contribution in [-0.2, 0) is 0 Å². The van der Waals surface area contributed by atoms with Crippen LogP contribution in [0, 0.1) is 0 Å². The second-order valence-electron chi connectivity index (χ2n) is 10.3. The lowest BCUT2D eigenvalue weighted by atomic mass is 9.90. The number of hydrogen-bond acceptors (Lipinski definition) is 1. The van der Waals surface area contributed by atoms with E-state index >= 15 is 0 Å². The lowest BCUT2D eigenvalue weighted by Crippen LogP contribution is -2.18. The van der Waals surface area contributed by atoms with Crippen LogP contribution >= 0.6 is 0 Å². The number of allylic oxidation sites excluding steroid dienone is 2. The fourth-order valence-electron chi connectivity index (χ4n) is 6.60. The average Bonchev–Trinajstić information content (AvgIpc) is 3.64. The molecule has 184 valence electrons. The molecule has 5 heterocycles. The van der Waals surface area contributed by atoms with E-state index in [1.165, 1.54) is 32.9 Å². The highest BCUT2D eigenvalue weighted by Gasteiger charge is 2.35. The van der Waals surface area contributed by atoms with E-state index in [0.717, 1.165) is 33.7 Å². The van der Waals surface area contributed by atoms with Crippen molar-refractivity contribution in [1.82, 2.24) is 9.13 Å². The smallest absolute Gasteiger partial charge is 0.237 e. The molecule has 2 unspecified atom stereocenters. The van der Waals surface area contributed by atoms with Gasteiger partial charge in [-0.05, 0) is 72.8 Å². The number of ether oxygens (including phenoxy) is 1. The van der Waals surface area contributed by atoms with E-state index in [1.807, 2.05) is 12.4 Å². The second-order valence-corrected chi connectivity index (χ2v) is 10.3. The molecule has 1 aliphatic heterocycles. The summed E-state index contributed by atoms with van der Waals surface area (Å²) < 4.78 is 11.1. The number of benzene rings is 3. The molecule has 0 spiro atoms. The van der Waals surface area contributed by atoms with Crippen molar-refractivity contribution < 1.29 is 14.7 Å². The molecule has 3 aromatic carbocycles. The van der Waals surface area contributed by atoms with Gasteiger partial charge < -0.3 is 13.9 Å². The number of para-hydroxylation sites is 2. The zero-order valence-corrected chi connectivity index (χ0v) is 21.0. The van der Waals surface area contributed by atoms with E-state index in [-0.39, 0.29) is 12.0 Å². The number of aromatic amines is 2. The Morgan fingerprint density at radius 2 is 1.28 bits per heavy atom. The van der Waals surface area contributed by atoms with E-state index in [0.29, 0.717) is 0 Å². The molecule has 9 rings (SSSR count). The van der Waals surface area contributed by atoms with Crippen LogP contribution < -0.4 is 14.7 Å². The highest BCUT2D eigenvalue weighted by atomic mass is 16.5. The topological polar surface area (TPSA) is 47.4 Å². The quantitative estimate of drug-likeness (QED) is 0.266. The third kappa shape index (κ3) is 2.84. The first-order valence-electron chi connectivity index (χ1n) is 13.4. The predicted molar refractivity (Wildman–Crippen MR) is 154 cm³/mol. The minimum absolute atomic E-state index is 0.00913. The summed E-state index contributed by atoms with van der Waals surface area (Å²) in [5.41, 5.74) is 10.5. The summed E-state index contributed by atoms with van der Waals surface area (Å²) in [5, 5.41) is 2.44. The van der Waals surface area contributed by atoms with Crippen molar-refractivity contribution in [3.8, 4) is 11.4 Å². The molecule has 39 heavy (non-hydrogen) atoms. The number of aromatic nitrogens is 4. The predicted octanol–water partition coefficient (Wildman–Crippen LogP) is 6.48. The van der Waals surface area contributed by atoms with Crippen LogP contribution in [0.1, 0.15) is 11.5 Å². The Balaban J connectivity index is 1.23. The summed E-state index contributed by atoms with van der Waals surface area (Å²) in [6, 6.07) is 32.3. The van der Waals surface area contributed by atoms with Gasteiger partial charge in [0.1, 0.15) is 22.9 Å². The van der Waals surface area contributed by atoms with Crippen LogP contribution in [0.15, 0.2) is 122 Å². The molecule has 0 saturated heterocycles. The van der Waals surface area contributed by atoms with Crippen LogP contribution in [0.3, 0.4) is 0 Å². The molecule has 0 radical (unpaired) electrons. The normalized spacial score (nSPS) is 18.0. The fraction of sp³-hybridized carbons (Fsp3) is 0.0588. The lowest BCUT2D eigenvalue weighted by Gasteiger charge is -2.20. The van der Waals surface area contributed by atoms with Crippen molar-refractivity contribution in [2.45, 2.75) is 12.0 Å². The molecule has 2 N–H and O–H groups in total. The molecule has 0 saturated carbocycles. The van der Waals surface area contributed by atoms with Crippen molar-refractivity contribution in [3.63, 3.8) is 0 Å². The van der Waals surface area contributed by atoms with Gasteiger partial charge in [0.05, 0.1) is 21.8 Å². The molecule has 0 bridgehead atoms. The summed E-state index contributed by atoms with van der Waals surface area (Å²) >= 11 is 0. The first kappa shape index (κ1) is 20.8. The third-order valence-corrected chi connectivity index (χ3v) is 8.27. The molecule has 5 nitrogen and oxygen atoms in total. The number of nitrogens with zero attached hydrogens (tertiary/aromatic N) is 2. The Labute approximate surface area is 223 Å². The van der Waals surface area contributed by atoms with Crippen molar-refractivity contribution >= 4 is 49.6 Å². The molecule has 2 aliphatic rings. The highest BCUT2D eigenvalue weighted by Crippen LogP contribution is 2.45. The summed E-state index contributed by atoms with van der Waals surface area (Å²) in [7, 11) is 0. The van der Waals surface area contributed by atoms with Gasteiger partial charge in [-0.25, -0.2) is 9.97 Å². The number of rotatable bonds is 2. The Bertz CT molecular complexity index is 2070. The van der Waals surface area contributed by atoms with Crippen molar-refractivity contribution in [1.29, 1.82) is 0 Å². The van der Waals surface area contributed by atoms with E-state index in [9.17, 15) is 0 Å². The summed E-state index contributed by atoms with van der Waals surface area (Å²) in [4.78, 5) is 6.93. The van der Waals surface area contributed by atoms with E-state index < -0.39 is 0 Å². The molecular formula is C34H24N4O+2. The second kappa shape index (κ2) is 7.68. The average molecular weight is 505 g/mol. The Morgan fingerprint density at radius 1 is 0.641 bits per heavy atom. The maximum Gasteiger partial charge on any atom is 0.237 e. The van der Waals surface area contributed by atoms with Crippen molar-refractivity contribution in [2.75, 3.05) is 0 Å². The first-order chi connectivity index (χ1) is 19.3. The number of hydrogen-bond donors (Lipinski definition) is 0. The maximum absolute atomic E-state index is 6.44. The van der Waals surface area contributed by atoms with Gasteiger partial charge in [-0.3, -0.25) is 0 Å². The molecule has 2 atom stereocenters. The van der Waals surface area contributed by atoms with Gasteiger partial charge in [0, 0.05) is 35.0 Å². The number of pyridine rings is 2. The van der Waals surface area contributed by atoms with Crippen LogP contribution in [0.25, 0.3) is 55.3 Å². The Hall–Kier alpha value is -5.16. The minimum Gasteiger partial charge on any atom is -0.485 e. The lowest BCUT2D eigenvalue weighted by molar-refractivity contribution is -0.343. The third-order valence-electron chi connectivity index (χ3n) is 8.27. The Morgan fingerprint density at radius 3 is 2.03 bits per heavy atom. The first-order valence-corrected chi connectivity index (χ1v) is 13.4. The van der Waals surface area contributed by atoms with Crippen LogP contribution in [0.5, 0.6) is 5.75 Å². The standard InChI is InChI=1S/C34H22N4O/c1-3-9-27-23(7-1)33-29(11-5-17-35-33)37(27)21-13-15-31-25(19-21)26-20-22(14-16-32(26)39-31)38-28-10-4-2-8-24(28)34-30(38)12-6-18-36-34/h1-20,25,31H/p+2. The van der Waals surface area contributed by atoms with Crippen LogP contribution in [0.4, 0.5) is 0 Å². The van der Waals surface area contributed by atoms with Gasteiger partial charge >= 0.3 is 0 Å². The number of fused-ring (bicyclic) bond motifs is 9. The fourth-order valence-corrected chi connectivity index (χ4v) is 6.60. The van der Waals surface area contributed by atoms with Crippen LogP contribution in [-0.4, -0.2) is 15.2 Å². The van der Waals surface area contributed by atoms with Gasteiger partial charge in [-0.2, -0.15) is 0 Å². The Kier molecular flexibility index (Phi) is 4.11.